The van der Waals surface area contributed by atoms with Crippen molar-refractivity contribution in [3.8, 4) is 22.6 Å². The Morgan fingerprint density at radius 2 is 0.958 bits per heavy atom. The summed E-state index contributed by atoms with van der Waals surface area (Å²) >= 11 is 0. The molecule has 1 atom stereocenters. The van der Waals surface area contributed by atoms with Crippen molar-refractivity contribution >= 4 is 5.97 Å². The van der Waals surface area contributed by atoms with Gasteiger partial charge in [-0.1, -0.05) is 172 Å². The molecular formula is C44H64O4. The zero-order chi connectivity index (χ0) is 34.1. The first-order valence-electron chi connectivity index (χ1n) is 19.4. The fourth-order valence-electron chi connectivity index (χ4n) is 6.10. The molecule has 0 saturated carbocycles. The lowest BCUT2D eigenvalue weighted by molar-refractivity contribution is 0.0627. The van der Waals surface area contributed by atoms with E-state index in [1.54, 1.807) is 6.07 Å². The summed E-state index contributed by atoms with van der Waals surface area (Å²) in [7, 11) is 0. The number of carbonyl (C=O) groups is 1. The summed E-state index contributed by atoms with van der Waals surface area (Å²) in [6.07, 6.45) is 25.4. The molecule has 0 radical (unpaired) electrons. The minimum Gasteiger partial charge on any atom is -0.490 e. The lowest BCUT2D eigenvalue weighted by Crippen LogP contribution is -2.09. The molecule has 3 rings (SSSR count). The Hall–Kier alpha value is -3.11. The summed E-state index contributed by atoms with van der Waals surface area (Å²) in [6, 6.07) is 23.5. The lowest BCUT2D eigenvalue weighted by atomic mass is 10.0. The molecule has 0 aromatic heterocycles. The predicted octanol–water partition coefficient (Wildman–Crippen LogP) is 13.5. The molecule has 264 valence electrons. The highest BCUT2D eigenvalue weighted by Crippen LogP contribution is 2.29. The molecule has 1 unspecified atom stereocenters. The Morgan fingerprint density at radius 1 is 0.521 bits per heavy atom. The van der Waals surface area contributed by atoms with Crippen LogP contribution >= 0.6 is 0 Å². The first-order valence-corrected chi connectivity index (χ1v) is 19.4. The largest absolute Gasteiger partial charge is 0.490 e. The van der Waals surface area contributed by atoms with Crippen molar-refractivity contribution in [1.29, 1.82) is 0 Å². The molecule has 4 nitrogen and oxygen atoms in total. The highest BCUT2D eigenvalue weighted by Gasteiger charge is 2.13. The van der Waals surface area contributed by atoms with E-state index < -0.39 is 5.97 Å². The van der Waals surface area contributed by atoms with E-state index in [1.165, 1.54) is 102 Å². The lowest BCUT2D eigenvalue weighted by Gasteiger charge is -2.14. The van der Waals surface area contributed by atoms with Crippen LogP contribution in [0.4, 0.5) is 0 Å². The molecule has 0 amide bonds. The van der Waals surface area contributed by atoms with Crippen molar-refractivity contribution in [1.82, 2.24) is 0 Å². The normalized spacial score (nSPS) is 11.8. The Bertz CT molecular complexity index is 1230. The zero-order valence-corrected chi connectivity index (χ0v) is 30.5. The quantitative estimate of drug-likeness (QED) is 0.0465. The van der Waals surface area contributed by atoms with Gasteiger partial charge in [0.2, 0.25) is 0 Å². The van der Waals surface area contributed by atoms with Crippen LogP contribution in [-0.2, 0) is 4.74 Å². The van der Waals surface area contributed by atoms with Gasteiger partial charge in [-0.2, -0.15) is 0 Å². The molecule has 0 aliphatic heterocycles. The van der Waals surface area contributed by atoms with E-state index >= 15 is 0 Å². The number of para-hydroxylation sites is 2. The van der Waals surface area contributed by atoms with Crippen LogP contribution in [0.1, 0.15) is 165 Å². The van der Waals surface area contributed by atoms with Crippen molar-refractivity contribution in [3.05, 3.63) is 83.9 Å². The van der Waals surface area contributed by atoms with E-state index in [0.717, 1.165) is 43.4 Å². The maximum Gasteiger partial charge on any atom is 0.343 e. The number of unbranched alkanes of at least 4 members (excludes halogenated alkanes) is 17. The van der Waals surface area contributed by atoms with E-state index in [2.05, 4.69) is 45.0 Å². The number of carbonyl (C=O) groups excluding carboxylic acids is 1. The predicted molar refractivity (Wildman–Crippen MR) is 202 cm³/mol. The maximum absolute atomic E-state index is 12.9. The summed E-state index contributed by atoms with van der Waals surface area (Å²) in [5.74, 6) is 0.656. The van der Waals surface area contributed by atoms with Gasteiger partial charge in [0.1, 0.15) is 0 Å². The molecule has 0 spiro atoms. The van der Waals surface area contributed by atoms with Crippen molar-refractivity contribution in [3.63, 3.8) is 0 Å². The van der Waals surface area contributed by atoms with Gasteiger partial charge in [-0.25, -0.2) is 4.79 Å². The van der Waals surface area contributed by atoms with Gasteiger partial charge in [-0.3, -0.25) is 0 Å². The van der Waals surface area contributed by atoms with E-state index in [-0.39, 0.29) is 6.10 Å². The van der Waals surface area contributed by atoms with Crippen LogP contribution in [0, 0.1) is 0 Å². The van der Waals surface area contributed by atoms with E-state index in [4.69, 9.17) is 14.2 Å². The third-order valence-electron chi connectivity index (χ3n) is 9.26. The highest BCUT2D eigenvalue weighted by atomic mass is 16.6. The number of hydrogen-bond acceptors (Lipinski definition) is 4. The Morgan fingerprint density at radius 3 is 1.50 bits per heavy atom. The molecule has 4 heteroatoms. The molecule has 0 saturated heterocycles. The Balaban J connectivity index is 1.27. The fourth-order valence-corrected chi connectivity index (χ4v) is 6.10. The molecule has 0 bridgehead atoms. The number of rotatable bonds is 27. The molecule has 0 aliphatic rings. The SMILES string of the molecule is CCCCCCCCCCCCCCCCCCOC(C)c1ccc(-c2ccc(C(=O)Oc3ccccc3OCCCCC)cc2)cc1. The summed E-state index contributed by atoms with van der Waals surface area (Å²) in [5.41, 5.74) is 3.85. The van der Waals surface area contributed by atoms with Crippen molar-refractivity contribution in [2.45, 2.75) is 149 Å². The van der Waals surface area contributed by atoms with Crippen LogP contribution in [-0.4, -0.2) is 19.2 Å². The Labute approximate surface area is 293 Å². The molecule has 0 aliphatic carbocycles. The van der Waals surface area contributed by atoms with Gasteiger partial charge >= 0.3 is 5.97 Å². The standard InChI is InChI=1S/C44H64O4/c1-4-6-8-9-10-11-12-13-14-15-16-17-18-19-20-24-35-46-37(3)38-27-29-39(30-28-38)40-31-33-41(34-32-40)44(45)48-43-26-22-21-25-42(43)47-36-23-7-5-2/h21-22,25-34,37H,4-20,23-24,35-36H2,1-3H3. The van der Waals surface area contributed by atoms with Gasteiger partial charge in [0.15, 0.2) is 11.5 Å². The van der Waals surface area contributed by atoms with Gasteiger partial charge in [0.25, 0.3) is 0 Å². The van der Waals surface area contributed by atoms with Crippen LogP contribution in [0.25, 0.3) is 11.1 Å². The van der Waals surface area contributed by atoms with E-state index in [1.807, 2.05) is 42.5 Å². The van der Waals surface area contributed by atoms with Crippen LogP contribution in [0.3, 0.4) is 0 Å². The fraction of sp³-hybridized carbons (Fsp3) is 0.568. The van der Waals surface area contributed by atoms with Crippen LogP contribution in [0.2, 0.25) is 0 Å². The summed E-state index contributed by atoms with van der Waals surface area (Å²) in [6.45, 7) is 8.01. The Kier molecular flexibility index (Phi) is 20.4. The van der Waals surface area contributed by atoms with Gasteiger partial charge in [-0.15, -0.1) is 0 Å². The minimum absolute atomic E-state index is 0.0750. The van der Waals surface area contributed by atoms with Gasteiger partial charge in [0, 0.05) is 6.61 Å². The van der Waals surface area contributed by atoms with Gasteiger partial charge < -0.3 is 14.2 Å². The number of benzene rings is 3. The van der Waals surface area contributed by atoms with Crippen LogP contribution < -0.4 is 9.47 Å². The molecular weight excluding hydrogens is 592 g/mol. The molecule has 0 fully saturated rings. The minimum atomic E-state index is -0.392. The van der Waals surface area contributed by atoms with E-state index in [9.17, 15) is 4.79 Å². The number of hydrogen-bond donors (Lipinski definition) is 0. The molecule has 0 N–H and O–H groups in total. The van der Waals surface area contributed by atoms with Crippen molar-refractivity contribution in [2.24, 2.45) is 0 Å². The van der Waals surface area contributed by atoms with Crippen molar-refractivity contribution < 1.29 is 19.0 Å². The second-order valence-corrected chi connectivity index (χ2v) is 13.4. The molecule has 48 heavy (non-hydrogen) atoms. The number of ether oxygens (including phenoxy) is 3. The second-order valence-electron chi connectivity index (χ2n) is 13.4. The average Bonchev–Trinajstić information content (AvgIpc) is 3.12. The number of esters is 1. The topological polar surface area (TPSA) is 44.8 Å². The van der Waals surface area contributed by atoms with Gasteiger partial charge in [0.05, 0.1) is 18.3 Å². The molecule has 3 aromatic carbocycles. The first kappa shape index (κ1) is 39.3. The van der Waals surface area contributed by atoms with Crippen LogP contribution in [0.15, 0.2) is 72.8 Å². The van der Waals surface area contributed by atoms with Gasteiger partial charge in [-0.05, 0) is 60.7 Å². The smallest absolute Gasteiger partial charge is 0.343 e. The summed E-state index contributed by atoms with van der Waals surface area (Å²) < 4.78 is 17.7. The first-order chi connectivity index (χ1) is 23.6. The molecule has 0 heterocycles. The summed E-state index contributed by atoms with van der Waals surface area (Å²) in [5, 5.41) is 0. The zero-order valence-electron chi connectivity index (χ0n) is 30.5. The highest BCUT2D eigenvalue weighted by molar-refractivity contribution is 5.92. The van der Waals surface area contributed by atoms with E-state index in [0.29, 0.717) is 23.7 Å². The monoisotopic (exact) mass is 656 g/mol. The van der Waals surface area contributed by atoms with Crippen molar-refractivity contribution in [2.75, 3.05) is 13.2 Å². The summed E-state index contributed by atoms with van der Waals surface area (Å²) in [4.78, 5) is 12.9. The maximum atomic E-state index is 12.9. The third kappa shape index (κ3) is 15.9. The average molecular weight is 657 g/mol. The van der Waals surface area contributed by atoms with Crippen LogP contribution in [0.5, 0.6) is 11.5 Å². The molecule has 3 aromatic rings. The second kappa shape index (κ2) is 24.9. The third-order valence-corrected chi connectivity index (χ3v) is 9.26.